The molecule has 4 heteroatoms. The van der Waals surface area contributed by atoms with Crippen LogP contribution in [0.5, 0.6) is 0 Å². The van der Waals surface area contributed by atoms with Gasteiger partial charge in [-0.2, -0.15) is 0 Å². The molecule has 0 aliphatic carbocycles. The average molecular weight is 222 g/mol. The molecule has 0 unspecified atom stereocenters. The van der Waals surface area contributed by atoms with E-state index in [9.17, 15) is 14.0 Å². The maximum Gasteiger partial charge on any atom is 0.314 e. The van der Waals surface area contributed by atoms with Gasteiger partial charge in [-0.15, -0.1) is 0 Å². The Bertz CT molecular complexity index is 417. The van der Waals surface area contributed by atoms with E-state index in [0.717, 1.165) is 5.56 Å². The number of esters is 2. The van der Waals surface area contributed by atoms with E-state index in [0.29, 0.717) is 5.56 Å². The molecule has 0 amide bonds. The third-order valence-corrected chi connectivity index (χ3v) is 2.59. The minimum atomic E-state index is -0.539. The zero-order valence-corrected chi connectivity index (χ0v) is 8.83. The van der Waals surface area contributed by atoms with Gasteiger partial charge in [0.1, 0.15) is 5.82 Å². The van der Waals surface area contributed by atoms with Crippen LogP contribution in [0.15, 0.2) is 18.2 Å². The first-order chi connectivity index (χ1) is 7.54. The van der Waals surface area contributed by atoms with Crippen LogP contribution in [0.25, 0.3) is 0 Å². The molecule has 0 radical (unpaired) electrons. The van der Waals surface area contributed by atoms with Gasteiger partial charge < -0.3 is 4.74 Å². The summed E-state index contributed by atoms with van der Waals surface area (Å²) in [6.07, 6.45) is 0.267. The lowest BCUT2D eigenvalue weighted by molar-refractivity contribution is -0.163. The molecular weight excluding hydrogens is 211 g/mol. The minimum Gasteiger partial charge on any atom is -0.393 e. The zero-order chi connectivity index (χ0) is 11.7. The van der Waals surface area contributed by atoms with Gasteiger partial charge in [-0.3, -0.25) is 9.59 Å². The lowest BCUT2D eigenvalue weighted by Gasteiger charge is -2.20. The zero-order valence-electron chi connectivity index (χ0n) is 8.83. The molecule has 0 atom stereocenters. The molecule has 1 aliphatic heterocycles. The lowest BCUT2D eigenvalue weighted by atomic mass is 9.90. The van der Waals surface area contributed by atoms with Crippen LogP contribution in [0.1, 0.15) is 29.9 Å². The number of hydrogen-bond donors (Lipinski definition) is 0. The Morgan fingerprint density at radius 3 is 2.38 bits per heavy atom. The van der Waals surface area contributed by atoms with Crippen LogP contribution in [0.2, 0.25) is 0 Å². The maximum atomic E-state index is 13.2. The maximum absolute atomic E-state index is 13.2. The highest BCUT2D eigenvalue weighted by Crippen LogP contribution is 2.29. The summed E-state index contributed by atoms with van der Waals surface area (Å²) in [5.74, 6) is -1.68. The smallest absolute Gasteiger partial charge is 0.314 e. The van der Waals surface area contributed by atoms with Crippen molar-refractivity contribution in [1.82, 2.24) is 0 Å². The van der Waals surface area contributed by atoms with Gasteiger partial charge in [-0.1, -0.05) is 6.07 Å². The monoisotopic (exact) mass is 222 g/mol. The quantitative estimate of drug-likeness (QED) is 0.539. The molecule has 1 aliphatic rings. The predicted octanol–water partition coefficient (Wildman–Crippen LogP) is 2.08. The van der Waals surface area contributed by atoms with E-state index < -0.39 is 11.9 Å². The van der Waals surface area contributed by atoms with E-state index in [1.54, 1.807) is 13.0 Å². The van der Waals surface area contributed by atoms with E-state index >= 15 is 0 Å². The normalized spacial score (nSPS) is 17.4. The molecule has 0 saturated carbocycles. The molecule has 1 fully saturated rings. The molecule has 0 aromatic heterocycles. The van der Waals surface area contributed by atoms with Crippen molar-refractivity contribution in [2.75, 3.05) is 0 Å². The van der Waals surface area contributed by atoms with E-state index in [1.165, 1.54) is 12.1 Å². The highest BCUT2D eigenvalue weighted by atomic mass is 19.1. The minimum absolute atomic E-state index is 0.134. The Balaban J connectivity index is 2.29. The van der Waals surface area contributed by atoms with E-state index in [2.05, 4.69) is 4.74 Å². The van der Waals surface area contributed by atoms with Crippen molar-refractivity contribution in [3.63, 3.8) is 0 Å². The predicted molar refractivity (Wildman–Crippen MR) is 54.2 cm³/mol. The summed E-state index contributed by atoms with van der Waals surface area (Å²) in [6.45, 7) is 1.77. The van der Waals surface area contributed by atoms with Gasteiger partial charge in [0.2, 0.25) is 0 Å². The molecule has 0 N–H and O–H groups in total. The Labute approximate surface area is 92.2 Å². The topological polar surface area (TPSA) is 43.4 Å². The van der Waals surface area contributed by atoms with Crippen molar-refractivity contribution in [1.29, 1.82) is 0 Å². The second-order valence-electron chi connectivity index (χ2n) is 4.01. The number of ether oxygens (including phenoxy) is 1. The fourth-order valence-corrected chi connectivity index (χ4v) is 1.92. The second kappa shape index (κ2) is 4.04. The summed E-state index contributed by atoms with van der Waals surface area (Å²) in [6, 6.07) is 4.57. The van der Waals surface area contributed by atoms with Gasteiger partial charge in [0, 0.05) is 5.92 Å². The largest absolute Gasteiger partial charge is 0.393 e. The molecule has 1 heterocycles. The molecule has 1 saturated heterocycles. The number of carbonyl (C=O) groups excluding carboxylic acids is 2. The Morgan fingerprint density at radius 2 is 1.81 bits per heavy atom. The van der Waals surface area contributed by atoms with Crippen LogP contribution in [0, 0.1) is 12.7 Å². The standard InChI is InChI=1S/C12H11FO3/c1-7-2-8(4-10(13)3-7)9-5-11(14)16-12(15)6-9/h2-4,9H,5-6H2,1H3. The average Bonchev–Trinajstić information content (AvgIpc) is 2.14. The van der Waals surface area contributed by atoms with Crippen LogP contribution in [0.4, 0.5) is 4.39 Å². The van der Waals surface area contributed by atoms with Crippen molar-refractivity contribution in [3.8, 4) is 0 Å². The third-order valence-electron chi connectivity index (χ3n) is 2.59. The molecule has 1 aromatic carbocycles. The Morgan fingerprint density at radius 1 is 1.19 bits per heavy atom. The summed E-state index contributed by atoms with van der Waals surface area (Å²) >= 11 is 0. The highest BCUT2D eigenvalue weighted by Gasteiger charge is 2.28. The van der Waals surface area contributed by atoms with Gasteiger partial charge >= 0.3 is 11.9 Å². The first-order valence-corrected chi connectivity index (χ1v) is 5.05. The summed E-state index contributed by atoms with van der Waals surface area (Å²) < 4.78 is 17.6. The van der Waals surface area contributed by atoms with Crippen molar-refractivity contribution in [3.05, 3.63) is 35.1 Å². The number of benzene rings is 1. The summed E-state index contributed by atoms with van der Waals surface area (Å²) in [5.41, 5.74) is 1.46. The van der Waals surface area contributed by atoms with Gasteiger partial charge in [-0.25, -0.2) is 4.39 Å². The van der Waals surface area contributed by atoms with Gasteiger partial charge in [-0.05, 0) is 30.2 Å². The molecule has 2 rings (SSSR count). The third kappa shape index (κ3) is 2.27. The van der Waals surface area contributed by atoms with Gasteiger partial charge in [0.15, 0.2) is 0 Å². The number of hydrogen-bond acceptors (Lipinski definition) is 3. The molecule has 1 aromatic rings. The molecule has 0 bridgehead atoms. The number of carbonyl (C=O) groups is 2. The summed E-state index contributed by atoms with van der Waals surface area (Å²) in [7, 11) is 0. The van der Waals surface area contributed by atoms with Crippen molar-refractivity contribution < 1.29 is 18.7 Å². The van der Waals surface area contributed by atoms with Crippen molar-refractivity contribution >= 4 is 11.9 Å². The Kier molecular flexibility index (Phi) is 2.73. The second-order valence-corrected chi connectivity index (χ2v) is 4.01. The van der Waals surface area contributed by atoms with Gasteiger partial charge in [0.05, 0.1) is 12.8 Å². The van der Waals surface area contributed by atoms with Crippen LogP contribution in [-0.4, -0.2) is 11.9 Å². The van der Waals surface area contributed by atoms with Crippen LogP contribution >= 0.6 is 0 Å². The Hall–Kier alpha value is -1.71. The number of aryl methyl sites for hydroxylation is 1. The van der Waals surface area contributed by atoms with Crippen molar-refractivity contribution in [2.45, 2.75) is 25.7 Å². The highest BCUT2D eigenvalue weighted by molar-refractivity contribution is 5.89. The van der Waals surface area contributed by atoms with Crippen LogP contribution in [-0.2, 0) is 14.3 Å². The van der Waals surface area contributed by atoms with Crippen LogP contribution < -0.4 is 0 Å². The summed E-state index contributed by atoms with van der Waals surface area (Å²) in [5, 5.41) is 0. The number of halogens is 1. The molecular formula is C12H11FO3. The molecule has 16 heavy (non-hydrogen) atoms. The lowest BCUT2D eigenvalue weighted by Crippen LogP contribution is -2.24. The van der Waals surface area contributed by atoms with Crippen molar-refractivity contribution in [2.24, 2.45) is 0 Å². The van der Waals surface area contributed by atoms with E-state index in [1.807, 2.05) is 0 Å². The van der Waals surface area contributed by atoms with E-state index in [-0.39, 0.29) is 24.6 Å². The number of rotatable bonds is 1. The fraction of sp³-hybridized carbons (Fsp3) is 0.333. The van der Waals surface area contributed by atoms with Gasteiger partial charge in [0.25, 0.3) is 0 Å². The number of cyclic esters (lactones) is 2. The molecule has 84 valence electrons. The fourth-order valence-electron chi connectivity index (χ4n) is 1.92. The van der Waals surface area contributed by atoms with Crippen LogP contribution in [0.3, 0.4) is 0 Å². The molecule has 0 spiro atoms. The first kappa shape index (κ1) is 10.8. The summed E-state index contributed by atoms with van der Waals surface area (Å²) in [4.78, 5) is 22.2. The first-order valence-electron chi connectivity index (χ1n) is 5.05. The molecule has 3 nitrogen and oxygen atoms in total. The van der Waals surface area contributed by atoms with E-state index in [4.69, 9.17) is 0 Å². The SMILES string of the molecule is Cc1cc(F)cc(C2CC(=O)OC(=O)C2)c1.